The van der Waals surface area contributed by atoms with Gasteiger partial charge in [-0.05, 0) is 49.3 Å². The first-order valence-corrected chi connectivity index (χ1v) is 7.21. The van der Waals surface area contributed by atoms with Crippen LogP contribution in [0.4, 0.5) is 0 Å². The molecule has 0 radical (unpaired) electrons. The number of nitrogens with one attached hydrogen (secondary N) is 1. The minimum Gasteiger partial charge on any atom is -0.350 e. The van der Waals surface area contributed by atoms with Gasteiger partial charge in [-0.2, -0.15) is 0 Å². The Balaban J connectivity index is 1.69. The summed E-state index contributed by atoms with van der Waals surface area (Å²) in [6, 6.07) is 14.5. The third-order valence-electron chi connectivity index (χ3n) is 4.18. The summed E-state index contributed by atoms with van der Waals surface area (Å²) in [7, 11) is 2.12. The lowest BCUT2D eigenvalue weighted by atomic mass is 10.1. The Morgan fingerprint density at radius 2 is 2.05 bits per heavy atom. The molecule has 1 saturated heterocycles. The average Bonchev–Trinajstić information content (AvgIpc) is 2.89. The van der Waals surface area contributed by atoms with Crippen LogP contribution >= 0.6 is 0 Å². The maximum atomic E-state index is 12.2. The number of benzene rings is 2. The van der Waals surface area contributed by atoms with Crippen LogP contribution in [-0.2, 0) is 0 Å². The summed E-state index contributed by atoms with van der Waals surface area (Å²) in [6.45, 7) is 1.87. The number of hydrogen-bond acceptors (Lipinski definition) is 2. The lowest BCUT2D eigenvalue weighted by Gasteiger charge is -2.19. The van der Waals surface area contributed by atoms with Crippen LogP contribution in [-0.4, -0.2) is 37.0 Å². The number of fused-ring (bicyclic) bond motifs is 1. The summed E-state index contributed by atoms with van der Waals surface area (Å²) in [5, 5.41) is 5.33. The van der Waals surface area contributed by atoms with Crippen molar-refractivity contribution in [3.63, 3.8) is 0 Å². The fourth-order valence-corrected chi connectivity index (χ4v) is 2.88. The number of carbonyl (C=O) groups is 1. The molecule has 2 aromatic carbocycles. The van der Waals surface area contributed by atoms with Crippen LogP contribution in [0.1, 0.15) is 23.2 Å². The first-order chi connectivity index (χ1) is 9.74. The molecule has 3 nitrogen and oxygen atoms in total. The van der Waals surface area contributed by atoms with Gasteiger partial charge in [0.1, 0.15) is 0 Å². The molecule has 1 heterocycles. The van der Waals surface area contributed by atoms with Crippen molar-refractivity contribution in [1.29, 1.82) is 0 Å². The molecule has 1 aliphatic heterocycles. The lowest BCUT2D eigenvalue weighted by Crippen LogP contribution is -2.38. The number of likely N-dealkylation sites (N-methyl/N-ethyl adjacent to an activating group) is 1. The van der Waals surface area contributed by atoms with E-state index in [1.54, 1.807) is 0 Å². The van der Waals surface area contributed by atoms with Crippen molar-refractivity contribution >= 4 is 16.7 Å². The molecular weight excluding hydrogens is 248 g/mol. The summed E-state index contributed by atoms with van der Waals surface area (Å²) >= 11 is 0. The molecule has 0 unspecified atom stereocenters. The number of nitrogens with zero attached hydrogens (tertiary/aromatic N) is 1. The molecule has 0 saturated carbocycles. The van der Waals surface area contributed by atoms with E-state index in [1.807, 2.05) is 36.4 Å². The first kappa shape index (κ1) is 13.1. The molecule has 1 fully saturated rings. The van der Waals surface area contributed by atoms with Crippen LogP contribution in [0.2, 0.25) is 0 Å². The quantitative estimate of drug-likeness (QED) is 0.928. The van der Waals surface area contributed by atoms with Crippen LogP contribution in [0.25, 0.3) is 10.8 Å². The van der Waals surface area contributed by atoms with Gasteiger partial charge < -0.3 is 10.2 Å². The number of amides is 1. The van der Waals surface area contributed by atoms with Gasteiger partial charge in [0.15, 0.2) is 0 Å². The highest BCUT2D eigenvalue weighted by Crippen LogP contribution is 2.16. The van der Waals surface area contributed by atoms with Gasteiger partial charge in [0.2, 0.25) is 0 Å². The fourth-order valence-electron chi connectivity index (χ4n) is 2.88. The van der Waals surface area contributed by atoms with E-state index in [1.165, 1.54) is 18.2 Å². The van der Waals surface area contributed by atoms with E-state index in [0.29, 0.717) is 6.04 Å². The van der Waals surface area contributed by atoms with E-state index in [0.717, 1.165) is 24.0 Å². The van der Waals surface area contributed by atoms with E-state index < -0.39 is 0 Å². The molecule has 1 aliphatic rings. The maximum Gasteiger partial charge on any atom is 0.251 e. The van der Waals surface area contributed by atoms with Crippen LogP contribution in [0.15, 0.2) is 42.5 Å². The highest BCUT2D eigenvalue weighted by atomic mass is 16.1. The Kier molecular flexibility index (Phi) is 3.70. The molecule has 20 heavy (non-hydrogen) atoms. The highest BCUT2D eigenvalue weighted by Gasteiger charge is 2.21. The number of hydrogen-bond donors (Lipinski definition) is 1. The van der Waals surface area contributed by atoms with Crippen LogP contribution in [0.5, 0.6) is 0 Å². The summed E-state index contributed by atoms with van der Waals surface area (Å²) < 4.78 is 0. The zero-order chi connectivity index (χ0) is 13.9. The predicted molar refractivity (Wildman–Crippen MR) is 81.9 cm³/mol. The van der Waals surface area contributed by atoms with Crippen molar-refractivity contribution in [2.45, 2.75) is 18.9 Å². The molecule has 2 aromatic rings. The Morgan fingerprint density at radius 3 is 2.80 bits per heavy atom. The van der Waals surface area contributed by atoms with E-state index >= 15 is 0 Å². The third kappa shape index (κ3) is 2.68. The van der Waals surface area contributed by atoms with Crippen molar-refractivity contribution in [1.82, 2.24) is 10.2 Å². The average molecular weight is 268 g/mol. The molecule has 1 amide bonds. The largest absolute Gasteiger partial charge is 0.350 e. The normalized spacial score (nSPS) is 19.4. The summed E-state index contributed by atoms with van der Waals surface area (Å²) in [5.74, 6) is 0.0241. The van der Waals surface area contributed by atoms with Crippen LogP contribution < -0.4 is 5.32 Å². The molecule has 3 rings (SSSR count). The minimum atomic E-state index is 0.0241. The monoisotopic (exact) mass is 268 g/mol. The molecule has 3 heteroatoms. The van der Waals surface area contributed by atoms with Crippen molar-refractivity contribution in [2.24, 2.45) is 0 Å². The zero-order valence-corrected chi connectivity index (χ0v) is 11.8. The Morgan fingerprint density at radius 1 is 1.25 bits per heavy atom. The number of rotatable bonds is 3. The topological polar surface area (TPSA) is 32.3 Å². The summed E-state index contributed by atoms with van der Waals surface area (Å²) in [5.41, 5.74) is 0.740. The second-order valence-electron chi connectivity index (χ2n) is 5.55. The second kappa shape index (κ2) is 5.63. The molecule has 1 atom stereocenters. The van der Waals surface area contributed by atoms with Gasteiger partial charge in [0.25, 0.3) is 5.91 Å². The van der Waals surface area contributed by atoms with Crippen LogP contribution in [0.3, 0.4) is 0 Å². The molecule has 0 aromatic heterocycles. The van der Waals surface area contributed by atoms with E-state index in [-0.39, 0.29) is 5.91 Å². The van der Waals surface area contributed by atoms with Gasteiger partial charge in [-0.1, -0.05) is 30.3 Å². The van der Waals surface area contributed by atoms with Crippen molar-refractivity contribution < 1.29 is 4.79 Å². The van der Waals surface area contributed by atoms with Gasteiger partial charge in [0.05, 0.1) is 0 Å². The molecular formula is C17H20N2O. The number of likely N-dealkylation sites (tertiary alicyclic amines) is 1. The smallest absolute Gasteiger partial charge is 0.251 e. The lowest BCUT2D eigenvalue weighted by molar-refractivity contribution is 0.0944. The Labute approximate surface area is 119 Å². The molecule has 0 aliphatic carbocycles. The van der Waals surface area contributed by atoms with Crippen molar-refractivity contribution in [2.75, 3.05) is 20.1 Å². The van der Waals surface area contributed by atoms with Gasteiger partial charge >= 0.3 is 0 Å². The minimum absolute atomic E-state index is 0.0241. The summed E-state index contributed by atoms with van der Waals surface area (Å²) in [6.07, 6.45) is 2.40. The first-order valence-electron chi connectivity index (χ1n) is 7.21. The Bertz CT molecular complexity index is 623. The molecule has 104 valence electrons. The van der Waals surface area contributed by atoms with Crippen molar-refractivity contribution in [3.8, 4) is 0 Å². The molecule has 0 spiro atoms. The van der Waals surface area contributed by atoms with Gasteiger partial charge in [-0.3, -0.25) is 4.79 Å². The molecule has 1 N–H and O–H groups in total. The Hall–Kier alpha value is -1.87. The zero-order valence-electron chi connectivity index (χ0n) is 11.8. The van der Waals surface area contributed by atoms with Gasteiger partial charge in [-0.25, -0.2) is 0 Å². The second-order valence-corrected chi connectivity index (χ2v) is 5.55. The predicted octanol–water partition coefficient (Wildman–Crippen LogP) is 2.66. The van der Waals surface area contributed by atoms with Crippen molar-refractivity contribution in [3.05, 3.63) is 48.0 Å². The van der Waals surface area contributed by atoms with E-state index in [9.17, 15) is 4.79 Å². The third-order valence-corrected chi connectivity index (χ3v) is 4.18. The fraction of sp³-hybridized carbons (Fsp3) is 0.353. The standard InChI is InChI=1S/C17H20N2O/c1-19-10-4-7-16(19)12-18-17(20)15-9-8-13-5-2-3-6-14(13)11-15/h2-3,5-6,8-9,11,16H,4,7,10,12H2,1H3,(H,18,20)/t16-/m1/s1. The van der Waals surface area contributed by atoms with E-state index in [2.05, 4.69) is 23.3 Å². The maximum absolute atomic E-state index is 12.2. The van der Waals surface area contributed by atoms with E-state index in [4.69, 9.17) is 0 Å². The SMILES string of the molecule is CN1CCC[C@@H]1CNC(=O)c1ccc2ccccc2c1. The van der Waals surface area contributed by atoms with Gasteiger partial charge in [-0.15, -0.1) is 0 Å². The molecule has 0 bridgehead atoms. The summed E-state index contributed by atoms with van der Waals surface area (Å²) in [4.78, 5) is 14.5. The van der Waals surface area contributed by atoms with Crippen LogP contribution in [0, 0.1) is 0 Å². The highest BCUT2D eigenvalue weighted by molar-refractivity contribution is 5.98. The number of carbonyl (C=O) groups excluding carboxylic acids is 1. The van der Waals surface area contributed by atoms with Gasteiger partial charge in [0, 0.05) is 18.2 Å².